The first-order valence-electron chi connectivity index (χ1n) is 12.5. The number of rotatable bonds is 6. The topological polar surface area (TPSA) is 114 Å². The normalized spacial score (nSPS) is 17.8. The highest BCUT2D eigenvalue weighted by molar-refractivity contribution is 7.90. The number of benzene rings is 1. The molecule has 0 radical (unpaired) electrons. The van der Waals surface area contributed by atoms with Gasteiger partial charge in [0.2, 0.25) is 0 Å². The number of anilines is 1. The molecule has 11 heteroatoms. The fraction of sp³-hybridized carbons (Fsp3) is 0.286. The molecule has 1 aliphatic rings. The third-order valence-electron chi connectivity index (χ3n) is 6.41. The number of fused-ring (bicyclic) bond motifs is 1. The summed E-state index contributed by atoms with van der Waals surface area (Å²) in [5.41, 5.74) is 2.87. The summed E-state index contributed by atoms with van der Waals surface area (Å²) in [5.74, 6) is 0.384. The zero-order chi connectivity index (χ0) is 27.7. The van der Waals surface area contributed by atoms with Crippen molar-refractivity contribution in [2.24, 2.45) is 0 Å². The van der Waals surface area contributed by atoms with Gasteiger partial charge in [0.15, 0.2) is 9.84 Å². The van der Waals surface area contributed by atoms with Gasteiger partial charge < -0.3 is 15.0 Å². The Labute approximate surface area is 232 Å². The number of ether oxygens (including phenoxy) is 1. The lowest BCUT2D eigenvalue weighted by atomic mass is 10.1. The Morgan fingerprint density at radius 3 is 2.51 bits per heavy atom. The number of hydrogen-bond donors (Lipinski definition) is 1. The predicted octanol–water partition coefficient (Wildman–Crippen LogP) is 4.29. The van der Waals surface area contributed by atoms with E-state index >= 15 is 0 Å². The minimum Gasteiger partial charge on any atom is -0.372 e. The first kappa shape index (κ1) is 27.0. The van der Waals surface area contributed by atoms with Gasteiger partial charge in [0.1, 0.15) is 5.82 Å². The lowest BCUT2D eigenvalue weighted by Gasteiger charge is -2.36. The summed E-state index contributed by atoms with van der Waals surface area (Å²) in [5, 5.41) is 3.51. The van der Waals surface area contributed by atoms with Crippen molar-refractivity contribution in [3.63, 3.8) is 0 Å². The van der Waals surface area contributed by atoms with E-state index in [2.05, 4.69) is 29.0 Å². The van der Waals surface area contributed by atoms with Crippen LogP contribution < -0.4 is 10.2 Å². The Morgan fingerprint density at radius 1 is 1.05 bits per heavy atom. The van der Waals surface area contributed by atoms with Gasteiger partial charge in [-0.1, -0.05) is 23.7 Å². The highest BCUT2D eigenvalue weighted by Gasteiger charge is 2.23. The smallest absolute Gasteiger partial charge is 0.253 e. The molecule has 1 aliphatic heterocycles. The molecule has 1 fully saturated rings. The van der Waals surface area contributed by atoms with Crippen molar-refractivity contribution in [1.29, 1.82) is 0 Å². The fourth-order valence-electron chi connectivity index (χ4n) is 4.64. The van der Waals surface area contributed by atoms with Crippen LogP contribution in [0.5, 0.6) is 0 Å². The molecular formula is C28H28ClN5O4S. The summed E-state index contributed by atoms with van der Waals surface area (Å²) in [6.07, 6.45) is 3.00. The van der Waals surface area contributed by atoms with E-state index in [1.54, 1.807) is 6.20 Å². The molecule has 202 valence electrons. The highest BCUT2D eigenvalue weighted by atomic mass is 35.5. The molecule has 1 saturated heterocycles. The monoisotopic (exact) mass is 565 g/mol. The van der Waals surface area contributed by atoms with Crippen LogP contribution in [0.4, 0.5) is 5.82 Å². The largest absolute Gasteiger partial charge is 0.372 e. The van der Waals surface area contributed by atoms with E-state index < -0.39 is 15.7 Å². The summed E-state index contributed by atoms with van der Waals surface area (Å²) in [7, 11) is -3.57. The molecule has 0 bridgehead atoms. The quantitative estimate of drug-likeness (QED) is 0.368. The van der Waals surface area contributed by atoms with Crippen LogP contribution in [-0.2, 0) is 21.1 Å². The van der Waals surface area contributed by atoms with Crippen molar-refractivity contribution < 1.29 is 17.9 Å². The predicted molar refractivity (Wildman–Crippen MR) is 151 cm³/mol. The van der Waals surface area contributed by atoms with Crippen LogP contribution in [0.25, 0.3) is 22.3 Å². The standard InChI is InChI=1S/C28H28ClN5O4S/c1-17-15-34(16-18(2)38-17)26-9-5-7-22(33-26)23-11-10-19-13-30-20(12-24(19)32-23)14-31-28(35)21-6-4-8-25(27(21)29)39(3,36)37/h4-13,17-18H,14-16H2,1-3H3,(H,31,35)/t17-,18+. The van der Waals surface area contributed by atoms with Gasteiger partial charge in [0.05, 0.1) is 56.8 Å². The lowest BCUT2D eigenvalue weighted by molar-refractivity contribution is -0.00545. The average molecular weight is 566 g/mol. The van der Waals surface area contributed by atoms with E-state index in [4.69, 9.17) is 26.3 Å². The molecule has 0 spiro atoms. The van der Waals surface area contributed by atoms with Crippen molar-refractivity contribution >= 4 is 44.1 Å². The average Bonchev–Trinajstić information content (AvgIpc) is 2.90. The number of hydrogen-bond acceptors (Lipinski definition) is 8. The first-order chi connectivity index (χ1) is 18.6. The second-order valence-corrected chi connectivity index (χ2v) is 12.0. The minimum absolute atomic E-state index is 0.0794. The van der Waals surface area contributed by atoms with E-state index in [1.807, 2.05) is 36.4 Å². The maximum Gasteiger partial charge on any atom is 0.253 e. The molecule has 39 heavy (non-hydrogen) atoms. The number of carbonyl (C=O) groups is 1. The van der Waals surface area contributed by atoms with Crippen LogP contribution >= 0.6 is 11.6 Å². The van der Waals surface area contributed by atoms with Crippen molar-refractivity contribution in [3.05, 3.63) is 77.1 Å². The van der Waals surface area contributed by atoms with Crippen LogP contribution in [-0.4, -0.2) is 60.8 Å². The number of pyridine rings is 3. The molecule has 0 aliphatic carbocycles. The number of aromatic nitrogens is 3. The summed E-state index contributed by atoms with van der Waals surface area (Å²) in [4.78, 5) is 29.0. The number of nitrogens with one attached hydrogen (secondary N) is 1. The molecule has 9 nitrogen and oxygen atoms in total. The van der Waals surface area contributed by atoms with E-state index in [0.29, 0.717) is 11.2 Å². The van der Waals surface area contributed by atoms with Gasteiger partial charge in [-0.05, 0) is 56.3 Å². The number of carbonyl (C=O) groups excluding carboxylic acids is 1. The van der Waals surface area contributed by atoms with E-state index in [0.717, 1.165) is 41.9 Å². The maximum absolute atomic E-state index is 12.8. The number of halogens is 1. The van der Waals surface area contributed by atoms with Gasteiger partial charge in [-0.3, -0.25) is 9.78 Å². The van der Waals surface area contributed by atoms with Crippen LogP contribution in [0.1, 0.15) is 29.9 Å². The van der Waals surface area contributed by atoms with Crippen molar-refractivity contribution in [3.8, 4) is 11.4 Å². The molecule has 2 atom stereocenters. The van der Waals surface area contributed by atoms with Crippen LogP contribution in [0.2, 0.25) is 5.02 Å². The Kier molecular flexibility index (Phi) is 7.53. The van der Waals surface area contributed by atoms with E-state index in [1.165, 1.54) is 18.2 Å². The Hall–Kier alpha value is -3.60. The lowest BCUT2D eigenvalue weighted by Crippen LogP contribution is -2.45. The molecule has 0 saturated carbocycles. The minimum atomic E-state index is -3.57. The molecule has 1 aromatic carbocycles. The fourth-order valence-corrected chi connectivity index (χ4v) is 6.04. The van der Waals surface area contributed by atoms with Gasteiger partial charge in [0, 0.05) is 30.9 Å². The SMILES string of the molecule is C[C@@H]1CN(c2cccc(-c3ccc4cnc(CNC(=O)c5cccc(S(C)(=O)=O)c5Cl)cc4n3)n2)C[C@H](C)O1. The number of amides is 1. The molecule has 5 rings (SSSR count). The Balaban J connectivity index is 1.35. The van der Waals surface area contributed by atoms with Crippen LogP contribution in [0.3, 0.4) is 0 Å². The molecule has 4 heterocycles. The third kappa shape index (κ3) is 6.03. The van der Waals surface area contributed by atoms with Gasteiger partial charge in [0.25, 0.3) is 5.91 Å². The summed E-state index contributed by atoms with van der Waals surface area (Å²) in [6, 6.07) is 15.9. The Morgan fingerprint density at radius 2 is 1.77 bits per heavy atom. The Bertz CT molecular complexity index is 1650. The second-order valence-electron chi connectivity index (χ2n) is 9.68. The molecule has 1 amide bonds. The number of morpholine rings is 1. The van der Waals surface area contributed by atoms with Crippen molar-refractivity contribution in [1.82, 2.24) is 20.3 Å². The number of sulfone groups is 1. The first-order valence-corrected chi connectivity index (χ1v) is 14.8. The summed E-state index contributed by atoms with van der Waals surface area (Å²) in [6.45, 7) is 5.79. The van der Waals surface area contributed by atoms with Gasteiger partial charge in [-0.25, -0.2) is 18.4 Å². The maximum atomic E-state index is 12.8. The zero-order valence-electron chi connectivity index (χ0n) is 21.8. The van der Waals surface area contributed by atoms with E-state index in [-0.39, 0.29) is 34.2 Å². The van der Waals surface area contributed by atoms with Crippen LogP contribution in [0.15, 0.2) is 65.7 Å². The molecule has 0 unspecified atom stereocenters. The third-order valence-corrected chi connectivity index (χ3v) is 8.07. The highest BCUT2D eigenvalue weighted by Crippen LogP contribution is 2.26. The summed E-state index contributed by atoms with van der Waals surface area (Å²) >= 11 is 6.22. The van der Waals surface area contributed by atoms with Crippen molar-refractivity contribution in [2.75, 3.05) is 24.2 Å². The molecule has 3 aromatic heterocycles. The molecule has 4 aromatic rings. The zero-order valence-corrected chi connectivity index (χ0v) is 23.3. The van der Waals surface area contributed by atoms with Gasteiger partial charge in [-0.2, -0.15) is 0 Å². The van der Waals surface area contributed by atoms with Gasteiger partial charge >= 0.3 is 0 Å². The van der Waals surface area contributed by atoms with Gasteiger partial charge in [-0.15, -0.1) is 0 Å². The van der Waals surface area contributed by atoms with E-state index in [9.17, 15) is 13.2 Å². The molecule has 1 N–H and O–H groups in total. The van der Waals surface area contributed by atoms with Crippen LogP contribution in [0, 0.1) is 0 Å². The second kappa shape index (κ2) is 10.9. The molecular weight excluding hydrogens is 538 g/mol. The van der Waals surface area contributed by atoms with Crippen molar-refractivity contribution in [2.45, 2.75) is 37.5 Å². The summed E-state index contributed by atoms with van der Waals surface area (Å²) < 4.78 is 29.7. The number of nitrogens with zero attached hydrogens (tertiary/aromatic N) is 4.